The van der Waals surface area contributed by atoms with E-state index in [0.29, 0.717) is 5.56 Å². The van der Waals surface area contributed by atoms with E-state index in [4.69, 9.17) is 27.4 Å². The molecule has 0 unspecified atom stereocenters. The molecule has 0 saturated heterocycles. The highest BCUT2D eigenvalue weighted by Crippen LogP contribution is 2.28. The van der Waals surface area contributed by atoms with Gasteiger partial charge in [-0.05, 0) is 66.1 Å². The van der Waals surface area contributed by atoms with Gasteiger partial charge in [-0.15, -0.1) is 11.3 Å². The minimum absolute atomic E-state index is 0.00455. The predicted molar refractivity (Wildman–Crippen MR) is 108 cm³/mol. The molecule has 1 aromatic heterocycles. The van der Waals surface area contributed by atoms with Crippen LogP contribution in [-0.2, 0) is 10.1 Å². The lowest BCUT2D eigenvalue weighted by Crippen LogP contribution is -2.10. The molecule has 4 nitrogen and oxygen atoms in total. The van der Waals surface area contributed by atoms with E-state index < -0.39 is 10.1 Å². The van der Waals surface area contributed by atoms with Gasteiger partial charge in [0.15, 0.2) is 5.78 Å². The SMILES string of the molecule is O=C(/C=C/c1cccs1)c1ccc(OS(=O)(=O)c2cc(Cl)ccc2Cl)cc1. The fraction of sp³-hybridized carbons (Fsp3) is 0. The van der Waals surface area contributed by atoms with Crippen molar-refractivity contribution >= 4 is 56.5 Å². The highest BCUT2D eigenvalue weighted by Gasteiger charge is 2.21. The van der Waals surface area contributed by atoms with Crippen LogP contribution in [0.3, 0.4) is 0 Å². The fourth-order valence-electron chi connectivity index (χ4n) is 2.16. The van der Waals surface area contributed by atoms with E-state index >= 15 is 0 Å². The second kappa shape index (κ2) is 8.27. The largest absolute Gasteiger partial charge is 0.379 e. The zero-order chi connectivity index (χ0) is 19.4. The monoisotopic (exact) mass is 438 g/mol. The molecule has 0 amide bonds. The molecular formula is C19H12Cl2O4S2. The van der Waals surface area contributed by atoms with E-state index in [9.17, 15) is 13.2 Å². The second-order valence-electron chi connectivity index (χ2n) is 5.35. The highest BCUT2D eigenvalue weighted by atomic mass is 35.5. The van der Waals surface area contributed by atoms with Gasteiger partial charge in [0.1, 0.15) is 10.6 Å². The number of hydrogen-bond donors (Lipinski definition) is 0. The van der Waals surface area contributed by atoms with Crippen LogP contribution in [0.1, 0.15) is 15.2 Å². The molecule has 0 fully saturated rings. The smallest absolute Gasteiger partial charge is 0.340 e. The van der Waals surface area contributed by atoms with Crippen molar-refractivity contribution in [2.24, 2.45) is 0 Å². The Morgan fingerprint density at radius 1 is 1.04 bits per heavy atom. The summed E-state index contributed by atoms with van der Waals surface area (Å²) in [5.41, 5.74) is 0.411. The molecule has 0 saturated carbocycles. The zero-order valence-electron chi connectivity index (χ0n) is 13.6. The summed E-state index contributed by atoms with van der Waals surface area (Å²) in [7, 11) is -4.15. The topological polar surface area (TPSA) is 60.4 Å². The standard InChI is InChI=1S/C19H12Cl2O4S2/c20-14-5-9-17(21)19(12-14)27(23,24)25-15-6-3-13(4-7-15)18(22)10-8-16-2-1-11-26-16/h1-12H/b10-8+. The average molecular weight is 439 g/mol. The molecular weight excluding hydrogens is 427 g/mol. The molecule has 0 N–H and O–H groups in total. The number of hydrogen-bond acceptors (Lipinski definition) is 5. The Kier molecular flexibility index (Phi) is 6.01. The van der Waals surface area contributed by atoms with Crippen LogP contribution in [0.2, 0.25) is 10.0 Å². The van der Waals surface area contributed by atoms with Crippen molar-refractivity contribution in [3.05, 3.63) is 86.5 Å². The summed E-state index contributed by atoms with van der Waals surface area (Å²) < 4.78 is 29.8. The second-order valence-corrected chi connectivity index (χ2v) is 8.69. The first-order valence-corrected chi connectivity index (χ1v) is 10.6. The highest BCUT2D eigenvalue weighted by molar-refractivity contribution is 7.87. The van der Waals surface area contributed by atoms with Crippen molar-refractivity contribution in [3.63, 3.8) is 0 Å². The molecule has 0 aliphatic rings. The summed E-state index contributed by atoms with van der Waals surface area (Å²) in [5, 5.41) is 2.15. The molecule has 2 aromatic carbocycles. The maximum absolute atomic E-state index is 12.4. The maximum atomic E-state index is 12.4. The van der Waals surface area contributed by atoms with Crippen LogP contribution < -0.4 is 4.18 Å². The van der Waals surface area contributed by atoms with E-state index in [1.165, 1.54) is 59.9 Å². The third-order valence-electron chi connectivity index (χ3n) is 3.45. The molecule has 0 aliphatic carbocycles. The number of ketones is 1. The third kappa shape index (κ3) is 4.99. The molecule has 0 aliphatic heterocycles. The van der Waals surface area contributed by atoms with Crippen molar-refractivity contribution in [1.82, 2.24) is 0 Å². The van der Waals surface area contributed by atoms with Crippen molar-refractivity contribution in [2.45, 2.75) is 4.90 Å². The summed E-state index contributed by atoms with van der Waals surface area (Å²) in [6, 6.07) is 13.7. The minimum atomic E-state index is -4.15. The van der Waals surface area contributed by atoms with Crippen molar-refractivity contribution < 1.29 is 17.4 Å². The van der Waals surface area contributed by atoms with Crippen molar-refractivity contribution in [3.8, 4) is 5.75 Å². The number of benzene rings is 2. The van der Waals surface area contributed by atoms with Crippen molar-refractivity contribution in [2.75, 3.05) is 0 Å². The molecule has 8 heteroatoms. The molecule has 27 heavy (non-hydrogen) atoms. The molecule has 138 valence electrons. The average Bonchev–Trinajstić information content (AvgIpc) is 3.15. The van der Waals surface area contributed by atoms with Crippen LogP contribution in [0.5, 0.6) is 5.75 Å². The van der Waals surface area contributed by atoms with Gasteiger partial charge in [0.2, 0.25) is 0 Å². The number of halogens is 2. The van der Waals surface area contributed by atoms with Gasteiger partial charge in [-0.1, -0.05) is 29.3 Å². The van der Waals surface area contributed by atoms with Gasteiger partial charge in [0, 0.05) is 15.5 Å². The Hall–Kier alpha value is -2.12. The van der Waals surface area contributed by atoms with E-state index in [1.54, 1.807) is 6.08 Å². The first-order valence-electron chi connectivity index (χ1n) is 7.61. The van der Waals surface area contributed by atoms with E-state index in [0.717, 1.165) is 4.88 Å². The zero-order valence-corrected chi connectivity index (χ0v) is 16.8. The quantitative estimate of drug-likeness (QED) is 0.280. The number of rotatable bonds is 6. The van der Waals surface area contributed by atoms with Gasteiger partial charge in [-0.2, -0.15) is 8.42 Å². The first kappa shape index (κ1) is 19.6. The number of allylic oxidation sites excluding steroid dienone is 1. The van der Waals surface area contributed by atoms with Crippen LogP contribution in [0.15, 0.2) is 70.9 Å². The fourth-order valence-corrected chi connectivity index (χ4v) is 4.44. The third-order valence-corrected chi connectivity index (χ3v) is 6.25. The molecule has 3 aromatic rings. The van der Waals surface area contributed by atoms with Crippen LogP contribution in [0.4, 0.5) is 0 Å². The van der Waals surface area contributed by atoms with Gasteiger partial charge >= 0.3 is 10.1 Å². The van der Waals surface area contributed by atoms with Gasteiger partial charge < -0.3 is 4.18 Å². The van der Waals surface area contributed by atoms with Crippen molar-refractivity contribution in [1.29, 1.82) is 0 Å². The number of carbonyl (C=O) groups excluding carboxylic acids is 1. The summed E-state index contributed by atoms with van der Waals surface area (Å²) >= 11 is 13.3. The Bertz CT molecular complexity index is 1090. The van der Waals surface area contributed by atoms with E-state index in [-0.39, 0.29) is 26.5 Å². The van der Waals surface area contributed by atoms with E-state index in [2.05, 4.69) is 0 Å². The summed E-state index contributed by atoms with van der Waals surface area (Å²) in [6.07, 6.45) is 3.19. The van der Waals surface area contributed by atoms with Crippen LogP contribution in [-0.4, -0.2) is 14.2 Å². The molecule has 0 spiro atoms. The number of thiophene rings is 1. The lowest BCUT2D eigenvalue weighted by Gasteiger charge is -2.09. The minimum Gasteiger partial charge on any atom is -0.379 e. The first-order chi connectivity index (χ1) is 12.8. The van der Waals surface area contributed by atoms with E-state index in [1.807, 2.05) is 17.5 Å². The molecule has 0 bridgehead atoms. The lowest BCUT2D eigenvalue weighted by molar-refractivity contribution is 0.104. The van der Waals surface area contributed by atoms with Crippen LogP contribution in [0.25, 0.3) is 6.08 Å². The van der Waals surface area contributed by atoms with Gasteiger partial charge in [-0.3, -0.25) is 4.79 Å². The summed E-state index contributed by atoms with van der Waals surface area (Å²) in [6.45, 7) is 0. The predicted octanol–water partition coefficient (Wildman–Crippen LogP) is 5.72. The molecule has 0 atom stereocenters. The van der Waals surface area contributed by atoms with Gasteiger partial charge in [-0.25, -0.2) is 0 Å². The number of carbonyl (C=O) groups is 1. The Morgan fingerprint density at radius 3 is 2.44 bits per heavy atom. The van der Waals surface area contributed by atoms with Gasteiger partial charge in [0.05, 0.1) is 5.02 Å². The Morgan fingerprint density at radius 2 is 1.78 bits per heavy atom. The molecule has 1 heterocycles. The van der Waals surface area contributed by atoms with Gasteiger partial charge in [0.25, 0.3) is 0 Å². The molecule has 3 rings (SSSR count). The Labute approximate surface area is 170 Å². The maximum Gasteiger partial charge on any atom is 0.340 e. The summed E-state index contributed by atoms with van der Waals surface area (Å²) in [4.78, 5) is 12.9. The molecule has 0 radical (unpaired) electrons. The van der Waals surface area contributed by atoms with Crippen LogP contribution in [0, 0.1) is 0 Å². The Balaban J connectivity index is 1.75. The summed E-state index contributed by atoms with van der Waals surface area (Å²) in [5.74, 6) is -0.138. The lowest BCUT2D eigenvalue weighted by atomic mass is 10.1. The van der Waals surface area contributed by atoms with Crippen LogP contribution >= 0.6 is 34.5 Å². The normalized spacial score (nSPS) is 11.6.